The van der Waals surface area contributed by atoms with Crippen molar-refractivity contribution in [3.63, 3.8) is 0 Å². The molecule has 0 heterocycles. The van der Waals surface area contributed by atoms with Crippen LogP contribution in [-0.4, -0.2) is 18.9 Å². The summed E-state index contributed by atoms with van der Waals surface area (Å²) in [4.78, 5) is 11.4. The largest absolute Gasteiger partial charge is 0.310 e. The first-order valence-corrected chi connectivity index (χ1v) is 6.80. The maximum atomic E-state index is 11.4. The molecule has 1 aromatic rings. The molecule has 0 spiro atoms. The molecule has 1 aliphatic rings. The third-order valence-corrected chi connectivity index (χ3v) is 3.68. The fraction of sp³-hybridized carbons (Fsp3) is 0.353. The molecule has 0 saturated carbocycles. The van der Waals surface area contributed by atoms with Gasteiger partial charge in [-0.25, -0.2) is 0 Å². The van der Waals surface area contributed by atoms with E-state index in [1.165, 1.54) is 11.1 Å². The molecule has 2 nitrogen and oxygen atoms in total. The minimum atomic E-state index is -0.0656. The number of allylic oxidation sites excluding steroid dienone is 3. The number of nitrogens with one attached hydrogen (secondary N) is 1. The second-order valence-corrected chi connectivity index (χ2v) is 5.05. The number of hydrogen-bond acceptors (Lipinski definition) is 2. The SMILES string of the molecule is CNC(CC1=CCC(c2ccccc2)C=C1)C(C)=O. The number of likely N-dealkylation sites (N-methyl/N-ethyl adjacent to an activating group) is 1. The molecule has 2 rings (SSSR count). The summed E-state index contributed by atoms with van der Waals surface area (Å²) in [7, 11) is 1.84. The molecule has 19 heavy (non-hydrogen) atoms. The highest BCUT2D eigenvalue weighted by Gasteiger charge is 2.16. The number of carbonyl (C=O) groups excluding carboxylic acids is 1. The zero-order chi connectivity index (χ0) is 13.7. The van der Waals surface area contributed by atoms with Gasteiger partial charge in [-0.05, 0) is 32.4 Å². The summed E-state index contributed by atoms with van der Waals surface area (Å²) in [5, 5.41) is 3.07. The quantitative estimate of drug-likeness (QED) is 0.875. The molecule has 0 amide bonds. The fourth-order valence-electron chi connectivity index (χ4n) is 2.45. The van der Waals surface area contributed by atoms with E-state index in [1.54, 1.807) is 6.92 Å². The maximum absolute atomic E-state index is 11.4. The molecule has 1 aromatic carbocycles. The van der Waals surface area contributed by atoms with E-state index in [4.69, 9.17) is 0 Å². The minimum absolute atomic E-state index is 0.0656. The summed E-state index contributed by atoms with van der Waals surface area (Å²) in [6.45, 7) is 1.64. The molecule has 1 N–H and O–H groups in total. The molecule has 0 bridgehead atoms. The van der Waals surface area contributed by atoms with E-state index in [2.05, 4.69) is 47.8 Å². The van der Waals surface area contributed by atoms with Crippen LogP contribution in [0.15, 0.2) is 54.1 Å². The van der Waals surface area contributed by atoms with Crippen LogP contribution in [0.1, 0.15) is 31.2 Å². The second kappa shape index (κ2) is 6.48. The molecular formula is C17H21NO. The Bertz CT molecular complexity index is 487. The summed E-state index contributed by atoms with van der Waals surface area (Å²) in [5.74, 6) is 0.664. The lowest BCUT2D eigenvalue weighted by atomic mass is 9.88. The van der Waals surface area contributed by atoms with Gasteiger partial charge < -0.3 is 5.32 Å². The monoisotopic (exact) mass is 255 g/mol. The Morgan fingerprint density at radius 3 is 2.63 bits per heavy atom. The third-order valence-electron chi connectivity index (χ3n) is 3.68. The Morgan fingerprint density at radius 1 is 1.37 bits per heavy atom. The number of carbonyl (C=O) groups is 1. The van der Waals surface area contributed by atoms with Gasteiger partial charge in [0.05, 0.1) is 6.04 Å². The van der Waals surface area contributed by atoms with E-state index in [0.29, 0.717) is 5.92 Å². The van der Waals surface area contributed by atoms with Crippen molar-refractivity contribution >= 4 is 5.78 Å². The van der Waals surface area contributed by atoms with Crippen LogP contribution in [-0.2, 0) is 4.79 Å². The molecule has 0 radical (unpaired) electrons. The Morgan fingerprint density at radius 2 is 2.11 bits per heavy atom. The lowest BCUT2D eigenvalue weighted by Crippen LogP contribution is -2.32. The van der Waals surface area contributed by atoms with Crippen molar-refractivity contribution in [3.05, 3.63) is 59.7 Å². The molecule has 0 aliphatic heterocycles. The normalized spacial score (nSPS) is 19.9. The van der Waals surface area contributed by atoms with Crippen molar-refractivity contribution in [1.82, 2.24) is 5.32 Å². The summed E-state index contributed by atoms with van der Waals surface area (Å²) in [5.41, 5.74) is 2.60. The van der Waals surface area contributed by atoms with Crippen molar-refractivity contribution in [3.8, 4) is 0 Å². The van der Waals surface area contributed by atoms with Gasteiger partial charge in [0.2, 0.25) is 0 Å². The Balaban J connectivity index is 1.98. The molecule has 1 aliphatic carbocycles. The number of benzene rings is 1. The van der Waals surface area contributed by atoms with E-state index < -0.39 is 0 Å². The first-order valence-electron chi connectivity index (χ1n) is 6.80. The van der Waals surface area contributed by atoms with Gasteiger partial charge in [0.15, 0.2) is 0 Å². The predicted molar refractivity (Wildman–Crippen MR) is 79.2 cm³/mol. The molecule has 0 fully saturated rings. The Labute approximate surface area is 115 Å². The van der Waals surface area contributed by atoms with Gasteiger partial charge in [-0.3, -0.25) is 4.79 Å². The van der Waals surface area contributed by atoms with Gasteiger partial charge in [0.1, 0.15) is 5.78 Å². The topological polar surface area (TPSA) is 29.1 Å². The van der Waals surface area contributed by atoms with Gasteiger partial charge in [0, 0.05) is 5.92 Å². The molecule has 0 aromatic heterocycles. The van der Waals surface area contributed by atoms with Crippen LogP contribution in [0.2, 0.25) is 0 Å². The van der Waals surface area contributed by atoms with Crippen LogP contribution < -0.4 is 5.32 Å². The zero-order valence-corrected chi connectivity index (χ0v) is 11.6. The van der Waals surface area contributed by atoms with E-state index in [0.717, 1.165) is 12.8 Å². The minimum Gasteiger partial charge on any atom is -0.310 e. The predicted octanol–water partition coefficient (Wildman–Crippen LogP) is 3.22. The van der Waals surface area contributed by atoms with Crippen LogP contribution in [0.4, 0.5) is 0 Å². The first kappa shape index (κ1) is 13.8. The van der Waals surface area contributed by atoms with Gasteiger partial charge >= 0.3 is 0 Å². The Hall–Kier alpha value is -1.67. The number of hydrogen-bond donors (Lipinski definition) is 1. The van der Waals surface area contributed by atoms with Crippen LogP contribution >= 0.6 is 0 Å². The zero-order valence-electron chi connectivity index (χ0n) is 11.6. The van der Waals surface area contributed by atoms with Crippen molar-refractivity contribution in [2.75, 3.05) is 7.05 Å². The summed E-state index contributed by atoms with van der Waals surface area (Å²) in [6, 6.07) is 10.5. The second-order valence-electron chi connectivity index (χ2n) is 5.05. The van der Waals surface area contributed by atoms with Gasteiger partial charge in [-0.1, -0.05) is 54.1 Å². The average Bonchev–Trinajstić information content (AvgIpc) is 2.46. The highest BCUT2D eigenvalue weighted by atomic mass is 16.1. The number of ketones is 1. The van der Waals surface area contributed by atoms with Gasteiger partial charge in [0.25, 0.3) is 0 Å². The van der Waals surface area contributed by atoms with Crippen molar-refractivity contribution in [2.24, 2.45) is 0 Å². The molecule has 100 valence electrons. The maximum Gasteiger partial charge on any atom is 0.147 e. The van der Waals surface area contributed by atoms with E-state index in [9.17, 15) is 4.79 Å². The molecule has 2 atom stereocenters. The molecule has 2 heteroatoms. The molecule has 0 saturated heterocycles. The van der Waals surface area contributed by atoms with Gasteiger partial charge in [-0.15, -0.1) is 0 Å². The Kier molecular flexibility index (Phi) is 4.69. The van der Waals surface area contributed by atoms with Crippen molar-refractivity contribution < 1.29 is 4.79 Å². The average molecular weight is 255 g/mol. The summed E-state index contributed by atoms with van der Waals surface area (Å²) in [6.07, 6.45) is 8.46. The van der Waals surface area contributed by atoms with Crippen LogP contribution in [0.25, 0.3) is 0 Å². The molecule has 2 unspecified atom stereocenters. The van der Waals surface area contributed by atoms with Crippen molar-refractivity contribution in [2.45, 2.75) is 31.7 Å². The van der Waals surface area contributed by atoms with E-state index in [1.807, 2.05) is 13.1 Å². The highest BCUT2D eigenvalue weighted by Crippen LogP contribution is 2.27. The smallest absolute Gasteiger partial charge is 0.147 e. The fourth-order valence-corrected chi connectivity index (χ4v) is 2.45. The lowest BCUT2D eigenvalue weighted by Gasteiger charge is -2.19. The van der Waals surface area contributed by atoms with Crippen LogP contribution in [0, 0.1) is 0 Å². The first-order chi connectivity index (χ1) is 9.20. The van der Waals surface area contributed by atoms with Gasteiger partial charge in [-0.2, -0.15) is 0 Å². The number of rotatable bonds is 5. The third kappa shape index (κ3) is 3.65. The lowest BCUT2D eigenvalue weighted by molar-refractivity contribution is -0.118. The van der Waals surface area contributed by atoms with Crippen molar-refractivity contribution in [1.29, 1.82) is 0 Å². The molecular weight excluding hydrogens is 234 g/mol. The standard InChI is InChI=1S/C17H21NO/c1-13(19)17(18-2)12-14-8-10-16(11-9-14)15-6-4-3-5-7-15/h3-10,16-18H,11-12H2,1-2H3. The summed E-state index contributed by atoms with van der Waals surface area (Å²) >= 11 is 0. The summed E-state index contributed by atoms with van der Waals surface area (Å²) < 4.78 is 0. The van der Waals surface area contributed by atoms with Crippen LogP contribution in [0.3, 0.4) is 0 Å². The highest BCUT2D eigenvalue weighted by molar-refractivity contribution is 5.81. The number of Topliss-reactive ketones (excluding diaryl/α,β-unsaturated/α-hetero) is 1. The van der Waals surface area contributed by atoms with E-state index >= 15 is 0 Å². The van der Waals surface area contributed by atoms with Crippen LogP contribution in [0.5, 0.6) is 0 Å². The van der Waals surface area contributed by atoms with E-state index in [-0.39, 0.29) is 11.8 Å².